The van der Waals surface area contributed by atoms with Crippen molar-refractivity contribution in [3.63, 3.8) is 0 Å². The second kappa shape index (κ2) is 6.39. The summed E-state index contributed by atoms with van der Waals surface area (Å²) in [6, 6.07) is 7.52. The Morgan fingerprint density at radius 2 is 2.12 bits per heavy atom. The number of nitrogens with one attached hydrogen (secondary N) is 1. The average molecular weight is 415 g/mol. The van der Waals surface area contributed by atoms with Crippen LogP contribution in [0, 0.1) is 13.8 Å². The third kappa shape index (κ3) is 2.86. The first-order valence-corrected chi connectivity index (χ1v) is 9.40. The van der Waals surface area contributed by atoms with E-state index in [1.165, 1.54) is 11.6 Å². The van der Waals surface area contributed by atoms with Gasteiger partial charge in [0.05, 0.1) is 6.42 Å². The van der Waals surface area contributed by atoms with Crippen LogP contribution in [0.1, 0.15) is 28.9 Å². The van der Waals surface area contributed by atoms with Gasteiger partial charge in [0.2, 0.25) is 5.91 Å². The fourth-order valence-corrected chi connectivity index (χ4v) is 4.09. The number of fused-ring (bicyclic) bond motifs is 2. The Kier molecular flexibility index (Phi) is 4.19. The molecule has 1 N–H and O–H groups in total. The first-order valence-electron chi connectivity index (χ1n) is 8.60. The lowest BCUT2D eigenvalue weighted by molar-refractivity contribution is -0.118. The molecule has 134 valence electrons. The van der Waals surface area contributed by atoms with E-state index < -0.39 is 0 Å². The summed E-state index contributed by atoms with van der Waals surface area (Å²) in [4.78, 5) is 31.0. The zero-order chi connectivity index (χ0) is 18.4. The maximum absolute atomic E-state index is 13.1. The molecule has 0 aliphatic carbocycles. The predicted molar refractivity (Wildman–Crippen MR) is 104 cm³/mol. The van der Waals surface area contributed by atoms with Gasteiger partial charge in [0.1, 0.15) is 0 Å². The average Bonchev–Trinajstić information content (AvgIpc) is 2.98. The Bertz CT molecular complexity index is 1080. The fourth-order valence-electron chi connectivity index (χ4n) is 3.68. The van der Waals surface area contributed by atoms with Crippen molar-refractivity contribution in [3.8, 4) is 0 Å². The van der Waals surface area contributed by atoms with Gasteiger partial charge < -0.3 is 4.90 Å². The molecule has 0 spiro atoms. The number of aromatic nitrogens is 3. The largest absolute Gasteiger partial charge is 0.312 e. The summed E-state index contributed by atoms with van der Waals surface area (Å²) in [6.07, 6.45) is 2.19. The fraction of sp³-hybridized carbons (Fsp3) is 0.316. The number of nitrogens with zero attached hydrogens (tertiary/aromatic N) is 3. The lowest BCUT2D eigenvalue weighted by Crippen LogP contribution is -2.37. The molecule has 0 radical (unpaired) electrons. The van der Waals surface area contributed by atoms with Gasteiger partial charge in [0.15, 0.2) is 5.65 Å². The molecule has 4 rings (SSSR count). The Balaban J connectivity index is 1.70. The number of anilines is 1. The molecular formula is C19H19BrN4O2. The Labute approximate surface area is 159 Å². The molecular weight excluding hydrogens is 396 g/mol. The number of rotatable bonds is 2. The van der Waals surface area contributed by atoms with Crippen molar-refractivity contribution < 1.29 is 4.79 Å². The molecule has 26 heavy (non-hydrogen) atoms. The van der Waals surface area contributed by atoms with E-state index in [-0.39, 0.29) is 17.9 Å². The lowest BCUT2D eigenvalue weighted by atomic mass is 10.0. The van der Waals surface area contributed by atoms with E-state index in [1.807, 2.05) is 30.9 Å². The molecule has 0 bridgehead atoms. The smallest absolute Gasteiger partial charge is 0.266 e. The molecule has 1 aliphatic rings. The topological polar surface area (TPSA) is 70.5 Å². The van der Waals surface area contributed by atoms with Crippen LogP contribution in [-0.4, -0.2) is 27.0 Å². The molecule has 2 aromatic heterocycles. The van der Waals surface area contributed by atoms with Gasteiger partial charge in [-0.2, -0.15) is 0 Å². The zero-order valence-electron chi connectivity index (χ0n) is 14.7. The number of aromatic amines is 1. The van der Waals surface area contributed by atoms with Crippen LogP contribution in [0.25, 0.3) is 5.65 Å². The van der Waals surface area contributed by atoms with Crippen molar-refractivity contribution in [3.05, 3.63) is 61.6 Å². The van der Waals surface area contributed by atoms with Crippen LogP contribution >= 0.6 is 15.9 Å². The van der Waals surface area contributed by atoms with Crippen molar-refractivity contribution in [2.24, 2.45) is 0 Å². The van der Waals surface area contributed by atoms with Gasteiger partial charge in [-0.05, 0) is 50.5 Å². The Morgan fingerprint density at radius 3 is 2.92 bits per heavy atom. The van der Waals surface area contributed by atoms with E-state index in [9.17, 15) is 9.59 Å². The Morgan fingerprint density at radius 1 is 1.31 bits per heavy atom. The normalized spacial score (nSPS) is 13.9. The first-order chi connectivity index (χ1) is 12.4. The maximum atomic E-state index is 13.1. The highest BCUT2D eigenvalue weighted by atomic mass is 79.9. The molecule has 7 heteroatoms. The summed E-state index contributed by atoms with van der Waals surface area (Å²) < 4.78 is 2.68. The molecule has 1 amide bonds. The van der Waals surface area contributed by atoms with Crippen LogP contribution in [0.4, 0.5) is 5.69 Å². The number of aryl methyl sites for hydroxylation is 3. The number of carbonyl (C=O) groups excluding carboxylic acids is 1. The van der Waals surface area contributed by atoms with E-state index in [2.05, 4.69) is 32.1 Å². The van der Waals surface area contributed by atoms with Crippen LogP contribution in [0.3, 0.4) is 0 Å². The SMILES string of the molecule is Cc1nc2cc(=O)[nH]n2c(C)c1CC(=O)N1CCCc2cc(Br)ccc21. The standard InChI is InChI=1S/C19H19BrN4O2/c1-11-15(12(2)24-17(21-11)10-18(25)22-24)9-19(26)23-7-3-4-13-8-14(20)5-6-16(13)23/h5-6,8,10H,3-4,7,9H2,1-2H3,(H,22,25). The monoisotopic (exact) mass is 414 g/mol. The zero-order valence-corrected chi connectivity index (χ0v) is 16.3. The minimum Gasteiger partial charge on any atom is -0.312 e. The van der Waals surface area contributed by atoms with Gasteiger partial charge in [-0.15, -0.1) is 0 Å². The van der Waals surface area contributed by atoms with Gasteiger partial charge in [0, 0.05) is 39.7 Å². The van der Waals surface area contributed by atoms with Crippen LogP contribution in [0.15, 0.2) is 33.5 Å². The van der Waals surface area contributed by atoms with E-state index in [0.717, 1.165) is 46.5 Å². The number of carbonyl (C=O) groups is 1. The van der Waals surface area contributed by atoms with Gasteiger partial charge in [-0.25, -0.2) is 9.50 Å². The third-order valence-electron chi connectivity index (χ3n) is 4.99. The Hall–Kier alpha value is -2.41. The summed E-state index contributed by atoms with van der Waals surface area (Å²) in [5.74, 6) is 0.0510. The van der Waals surface area contributed by atoms with Gasteiger partial charge >= 0.3 is 0 Å². The van der Waals surface area contributed by atoms with Crippen molar-refractivity contribution >= 4 is 33.2 Å². The molecule has 0 unspecified atom stereocenters. The van der Waals surface area contributed by atoms with Crippen LogP contribution in [0.2, 0.25) is 0 Å². The summed E-state index contributed by atoms with van der Waals surface area (Å²) in [6.45, 7) is 4.51. The minimum absolute atomic E-state index is 0.0510. The molecule has 0 saturated carbocycles. The molecule has 1 aromatic carbocycles. The maximum Gasteiger partial charge on any atom is 0.266 e. The minimum atomic E-state index is -0.195. The number of benzene rings is 1. The lowest BCUT2D eigenvalue weighted by Gasteiger charge is -2.30. The quantitative estimate of drug-likeness (QED) is 0.700. The van der Waals surface area contributed by atoms with Gasteiger partial charge in [-0.1, -0.05) is 15.9 Å². The van der Waals surface area contributed by atoms with Crippen LogP contribution in [0.5, 0.6) is 0 Å². The summed E-state index contributed by atoms with van der Waals surface area (Å²) in [7, 11) is 0. The third-order valence-corrected chi connectivity index (χ3v) is 5.48. The number of hydrogen-bond donors (Lipinski definition) is 1. The number of hydrogen-bond acceptors (Lipinski definition) is 3. The van der Waals surface area contributed by atoms with Crippen molar-refractivity contribution in [1.29, 1.82) is 0 Å². The summed E-state index contributed by atoms with van der Waals surface area (Å²) in [5.41, 5.74) is 5.05. The molecule has 3 aromatic rings. The molecule has 0 fully saturated rings. The van der Waals surface area contributed by atoms with Crippen LogP contribution < -0.4 is 10.5 Å². The number of amides is 1. The van der Waals surface area contributed by atoms with E-state index in [1.54, 1.807) is 4.52 Å². The van der Waals surface area contributed by atoms with Gasteiger partial charge in [0.25, 0.3) is 5.56 Å². The molecule has 6 nitrogen and oxygen atoms in total. The second-order valence-electron chi connectivity index (χ2n) is 6.67. The molecule has 0 saturated heterocycles. The highest BCUT2D eigenvalue weighted by Gasteiger charge is 2.24. The van der Waals surface area contributed by atoms with Crippen molar-refractivity contribution in [1.82, 2.24) is 14.6 Å². The molecule has 1 aliphatic heterocycles. The highest BCUT2D eigenvalue weighted by Crippen LogP contribution is 2.30. The highest BCUT2D eigenvalue weighted by molar-refractivity contribution is 9.10. The molecule has 0 atom stereocenters. The van der Waals surface area contributed by atoms with Crippen molar-refractivity contribution in [2.75, 3.05) is 11.4 Å². The van der Waals surface area contributed by atoms with Gasteiger partial charge in [-0.3, -0.25) is 14.7 Å². The van der Waals surface area contributed by atoms with E-state index in [4.69, 9.17) is 0 Å². The van der Waals surface area contributed by atoms with E-state index >= 15 is 0 Å². The first kappa shape index (κ1) is 17.0. The number of H-pyrrole nitrogens is 1. The second-order valence-corrected chi connectivity index (χ2v) is 7.59. The number of halogens is 1. The van der Waals surface area contributed by atoms with E-state index in [0.29, 0.717) is 5.65 Å². The molecule has 3 heterocycles. The predicted octanol–water partition coefficient (Wildman–Crippen LogP) is 2.92. The van der Waals surface area contributed by atoms with Crippen LogP contribution in [-0.2, 0) is 17.6 Å². The summed E-state index contributed by atoms with van der Waals surface area (Å²) in [5, 5.41) is 2.74. The summed E-state index contributed by atoms with van der Waals surface area (Å²) >= 11 is 3.50. The van der Waals surface area contributed by atoms with Crippen molar-refractivity contribution in [2.45, 2.75) is 33.1 Å².